The number of halogens is 1. The van der Waals surface area contributed by atoms with Crippen LogP contribution in [-0.4, -0.2) is 46.9 Å². The lowest BCUT2D eigenvalue weighted by Crippen LogP contribution is -2.44. The Morgan fingerprint density at radius 1 is 1.11 bits per heavy atom. The number of methoxy groups -OCH3 is 1. The van der Waals surface area contributed by atoms with Crippen LogP contribution < -0.4 is 19.1 Å². The second-order valence-corrected chi connectivity index (χ2v) is 8.11. The average Bonchev–Trinajstić information content (AvgIpc) is 2.65. The van der Waals surface area contributed by atoms with Gasteiger partial charge in [-0.15, -0.1) is 0 Å². The molecule has 2 aromatic carbocycles. The van der Waals surface area contributed by atoms with Crippen LogP contribution in [0.3, 0.4) is 0 Å². The number of carbonyl (C=O) groups is 1. The van der Waals surface area contributed by atoms with Gasteiger partial charge in [-0.05, 0) is 55.5 Å². The first-order chi connectivity index (χ1) is 13.2. The lowest BCUT2D eigenvalue weighted by atomic mass is 10.3. The summed E-state index contributed by atoms with van der Waals surface area (Å²) in [6, 6.07) is 11.5. The third-order valence-electron chi connectivity index (χ3n) is 3.77. The molecule has 0 spiro atoms. The maximum Gasteiger partial charge on any atom is 0.241 e. The van der Waals surface area contributed by atoms with Crippen LogP contribution in [0, 0.1) is 5.82 Å². The third-order valence-corrected chi connectivity index (χ3v) is 4.91. The van der Waals surface area contributed by atoms with Gasteiger partial charge in [-0.3, -0.25) is 9.10 Å². The molecule has 0 radical (unpaired) electrons. The van der Waals surface area contributed by atoms with Crippen molar-refractivity contribution in [2.45, 2.75) is 13.0 Å². The summed E-state index contributed by atoms with van der Waals surface area (Å²) >= 11 is 0. The van der Waals surface area contributed by atoms with Crippen LogP contribution in [0.4, 0.5) is 10.1 Å². The van der Waals surface area contributed by atoms with E-state index in [1.54, 1.807) is 38.3 Å². The predicted octanol–water partition coefficient (Wildman–Crippen LogP) is 2.18. The Hall–Kier alpha value is -2.81. The van der Waals surface area contributed by atoms with E-state index in [1.165, 1.54) is 12.1 Å². The van der Waals surface area contributed by atoms with Gasteiger partial charge < -0.3 is 14.8 Å². The third kappa shape index (κ3) is 6.41. The van der Waals surface area contributed by atoms with Gasteiger partial charge in [-0.1, -0.05) is 0 Å². The van der Waals surface area contributed by atoms with E-state index < -0.39 is 28.3 Å². The van der Waals surface area contributed by atoms with Crippen LogP contribution in [0.15, 0.2) is 48.5 Å². The Morgan fingerprint density at radius 2 is 1.68 bits per heavy atom. The fourth-order valence-electron chi connectivity index (χ4n) is 2.39. The highest BCUT2D eigenvalue weighted by atomic mass is 32.2. The predicted molar refractivity (Wildman–Crippen MR) is 105 cm³/mol. The Morgan fingerprint density at radius 3 is 2.21 bits per heavy atom. The Kier molecular flexibility index (Phi) is 7.22. The normalized spacial score (nSPS) is 12.1. The van der Waals surface area contributed by atoms with E-state index in [-0.39, 0.29) is 18.3 Å². The molecule has 0 aliphatic heterocycles. The number of benzene rings is 2. The van der Waals surface area contributed by atoms with Crippen molar-refractivity contribution in [3.05, 3.63) is 54.3 Å². The fraction of sp³-hybridized carbons (Fsp3) is 0.316. The van der Waals surface area contributed by atoms with Crippen molar-refractivity contribution in [3.8, 4) is 11.5 Å². The van der Waals surface area contributed by atoms with Gasteiger partial charge in [-0.2, -0.15) is 0 Å². The molecule has 0 saturated heterocycles. The topological polar surface area (TPSA) is 84.9 Å². The molecule has 0 saturated carbocycles. The fourth-order valence-corrected chi connectivity index (χ4v) is 3.25. The van der Waals surface area contributed by atoms with Crippen molar-refractivity contribution < 1.29 is 27.1 Å². The molecule has 0 aromatic heterocycles. The zero-order valence-electron chi connectivity index (χ0n) is 15.9. The summed E-state index contributed by atoms with van der Waals surface area (Å²) in [5.41, 5.74) is 0.209. The first kappa shape index (κ1) is 21.5. The number of ether oxygens (including phenoxy) is 2. The van der Waals surface area contributed by atoms with Gasteiger partial charge in [0.25, 0.3) is 0 Å². The highest BCUT2D eigenvalue weighted by molar-refractivity contribution is 7.92. The molecule has 0 unspecified atom stereocenters. The molecular formula is C19H23FN2O5S. The number of carbonyl (C=O) groups excluding carboxylic acids is 1. The molecule has 1 amide bonds. The highest BCUT2D eigenvalue weighted by Gasteiger charge is 2.21. The second kappa shape index (κ2) is 9.41. The maximum absolute atomic E-state index is 13.1. The van der Waals surface area contributed by atoms with Gasteiger partial charge in [0.2, 0.25) is 15.9 Å². The number of sulfonamides is 1. The lowest BCUT2D eigenvalue weighted by Gasteiger charge is -2.23. The van der Waals surface area contributed by atoms with Crippen LogP contribution in [0.5, 0.6) is 11.5 Å². The zero-order valence-corrected chi connectivity index (χ0v) is 16.7. The Labute approximate surface area is 164 Å². The van der Waals surface area contributed by atoms with Gasteiger partial charge in [0.15, 0.2) is 0 Å². The van der Waals surface area contributed by atoms with Gasteiger partial charge in [0, 0.05) is 0 Å². The van der Waals surface area contributed by atoms with Crippen LogP contribution in [0.25, 0.3) is 0 Å². The van der Waals surface area contributed by atoms with Crippen molar-refractivity contribution in [2.24, 2.45) is 0 Å². The summed E-state index contributed by atoms with van der Waals surface area (Å²) in [5, 5.41) is 2.69. The molecule has 7 nitrogen and oxygen atoms in total. The quantitative estimate of drug-likeness (QED) is 0.685. The summed E-state index contributed by atoms with van der Waals surface area (Å²) in [5.74, 6) is 0.327. The molecule has 2 aromatic rings. The summed E-state index contributed by atoms with van der Waals surface area (Å²) in [4.78, 5) is 12.3. The number of amides is 1. The number of nitrogens with zero attached hydrogens (tertiary/aromatic N) is 1. The number of anilines is 1. The van der Waals surface area contributed by atoms with Crippen molar-refractivity contribution in [2.75, 3.05) is 30.8 Å². The zero-order chi connectivity index (χ0) is 20.7. The highest BCUT2D eigenvalue weighted by Crippen LogP contribution is 2.18. The van der Waals surface area contributed by atoms with Crippen LogP contribution in [0.2, 0.25) is 0 Å². The summed E-state index contributed by atoms with van der Waals surface area (Å²) in [6.45, 7) is 1.52. The minimum atomic E-state index is -3.72. The van der Waals surface area contributed by atoms with E-state index in [9.17, 15) is 17.6 Å². The van der Waals surface area contributed by atoms with Crippen molar-refractivity contribution in [1.82, 2.24) is 5.32 Å². The Bertz CT molecular complexity index is 886. The minimum absolute atomic E-state index is 0.202. The summed E-state index contributed by atoms with van der Waals surface area (Å²) < 4.78 is 48.7. The first-order valence-electron chi connectivity index (χ1n) is 8.48. The average molecular weight is 410 g/mol. The van der Waals surface area contributed by atoms with E-state index in [2.05, 4.69) is 5.32 Å². The molecule has 0 aliphatic carbocycles. The van der Waals surface area contributed by atoms with Gasteiger partial charge in [0.1, 0.15) is 30.5 Å². The SMILES string of the molecule is COc1ccc(OC[C@@H](C)NC(=O)CN(c2ccc(F)cc2)S(C)(=O)=O)cc1. The number of rotatable bonds is 9. The van der Waals surface area contributed by atoms with Crippen LogP contribution >= 0.6 is 0 Å². The molecule has 1 N–H and O–H groups in total. The number of nitrogens with one attached hydrogen (secondary N) is 1. The molecule has 0 fully saturated rings. The smallest absolute Gasteiger partial charge is 0.241 e. The molecule has 0 aliphatic rings. The van der Waals surface area contributed by atoms with E-state index >= 15 is 0 Å². The van der Waals surface area contributed by atoms with Crippen molar-refractivity contribution in [1.29, 1.82) is 0 Å². The number of hydrogen-bond acceptors (Lipinski definition) is 5. The first-order valence-corrected chi connectivity index (χ1v) is 10.3. The van der Waals surface area contributed by atoms with Gasteiger partial charge in [-0.25, -0.2) is 12.8 Å². The molecule has 0 bridgehead atoms. The molecule has 2 rings (SSSR count). The van der Waals surface area contributed by atoms with E-state index in [0.717, 1.165) is 22.7 Å². The molecule has 152 valence electrons. The molecule has 9 heteroatoms. The van der Waals surface area contributed by atoms with Crippen LogP contribution in [0.1, 0.15) is 6.92 Å². The van der Waals surface area contributed by atoms with Gasteiger partial charge in [0.05, 0.1) is 25.1 Å². The van der Waals surface area contributed by atoms with E-state index in [4.69, 9.17) is 9.47 Å². The maximum atomic E-state index is 13.1. The molecule has 1 atom stereocenters. The second-order valence-electron chi connectivity index (χ2n) is 6.20. The lowest BCUT2D eigenvalue weighted by molar-refractivity contribution is -0.120. The molecular weight excluding hydrogens is 387 g/mol. The molecule has 28 heavy (non-hydrogen) atoms. The summed E-state index contributed by atoms with van der Waals surface area (Å²) in [7, 11) is -2.15. The largest absolute Gasteiger partial charge is 0.497 e. The summed E-state index contributed by atoms with van der Waals surface area (Å²) in [6.07, 6.45) is 0.986. The van der Waals surface area contributed by atoms with Crippen molar-refractivity contribution in [3.63, 3.8) is 0 Å². The van der Waals surface area contributed by atoms with E-state index in [0.29, 0.717) is 11.5 Å². The Balaban J connectivity index is 1.93. The monoisotopic (exact) mass is 410 g/mol. The standard InChI is InChI=1S/C19H23FN2O5S/c1-14(13-27-18-10-8-17(26-2)9-11-18)21-19(23)12-22(28(3,24)25)16-6-4-15(20)5-7-16/h4-11,14H,12-13H2,1-3H3,(H,21,23)/t14-/m1/s1. The van der Waals surface area contributed by atoms with Gasteiger partial charge >= 0.3 is 0 Å². The number of hydrogen-bond donors (Lipinski definition) is 1. The van der Waals surface area contributed by atoms with Crippen LogP contribution in [-0.2, 0) is 14.8 Å². The molecule has 0 heterocycles. The minimum Gasteiger partial charge on any atom is -0.497 e. The van der Waals surface area contributed by atoms with Crippen molar-refractivity contribution >= 4 is 21.6 Å². The van der Waals surface area contributed by atoms with E-state index in [1.807, 2.05) is 0 Å².